The Balaban J connectivity index is 4.48. The Kier molecular flexibility index (Phi) is 36.5. The maximum absolute atomic E-state index is 12.6. The highest BCUT2D eigenvalue weighted by molar-refractivity contribution is 7.47. The molecule has 0 saturated heterocycles. The highest BCUT2D eigenvalue weighted by Gasteiger charge is 2.27. The normalized spacial score (nSPS) is 15.1. The molecule has 4 N–H and O–H groups in total. The molecule has 0 aliphatic rings. The van der Waals surface area contributed by atoms with E-state index in [0.717, 1.165) is 38.0 Å². The van der Waals surface area contributed by atoms with Crippen LogP contribution in [0.5, 0.6) is 0 Å². The third kappa shape index (κ3) is 38.5. The first-order valence-corrected chi connectivity index (χ1v) is 22.7. The van der Waals surface area contributed by atoms with Gasteiger partial charge in [0.05, 0.1) is 25.9 Å². The second kappa shape index (κ2) is 38.2. The Hall–Kier alpha value is -2.37. The molecular formula is C44H77O11P. The van der Waals surface area contributed by atoms with Crippen molar-refractivity contribution >= 4 is 19.8 Å². The monoisotopic (exact) mass is 813 g/mol. The van der Waals surface area contributed by atoms with Crippen LogP contribution in [0.3, 0.4) is 0 Å². The summed E-state index contributed by atoms with van der Waals surface area (Å²) in [6.07, 6.45) is 36.6. The van der Waals surface area contributed by atoms with Crippen molar-refractivity contribution < 1.29 is 52.9 Å². The number of carbonyl (C=O) groups is 2. The number of carbonyl (C=O) groups excluding carboxylic acids is 2. The van der Waals surface area contributed by atoms with E-state index >= 15 is 0 Å². The maximum Gasteiger partial charge on any atom is 0.472 e. The number of aliphatic hydroxyl groups excluding tert-OH is 3. The Morgan fingerprint density at radius 3 is 1.88 bits per heavy atom. The van der Waals surface area contributed by atoms with Gasteiger partial charge in [-0.2, -0.15) is 0 Å². The molecule has 0 aliphatic heterocycles. The van der Waals surface area contributed by atoms with E-state index < -0.39 is 57.9 Å². The Morgan fingerprint density at radius 2 is 1.23 bits per heavy atom. The molecule has 324 valence electrons. The van der Waals surface area contributed by atoms with Gasteiger partial charge < -0.3 is 29.7 Å². The molecule has 0 bridgehead atoms. The van der Waals surface area contributed by atoms with E-state index in [1.807, 2.05) is 42.5 Å². The maximum atomic E-state index is 12.6. The molecule has 0 radical (unpaired) electrons. The second-order valence-electron chi connectivity index (χ2n) is 14.7. The van der Waals surface area contributed by atoms with Crippen LogP contribution in [0, 0.1) is 5.92 Å². The average molecular weight is 813 g/mol. The predicted molar refractivity (Wildman–Crippen MR) is 225 cm³/mol. The molecule has 0 aromatic heterocycles. The Morgan fingerprint density at radius 1 is 0.661 bits per heavy atom. The van der Waals surface area contributed by atoms with Crippen molar-refractivity contribution in [3.8, 4) is 0 Å². The van der Waals surface area contributed by atoms with E-state index in [4.69, 9.17) is 19.1 Å². The number of allylic oxidation sites excluding steroid dienone is 8. The standard InChI is InChI=1S/C44H77O11P/c1-4-5-6-7-21-26-31-40(46)32-27-22-17-14-15-19-24-29-34-44(49)55-42(38-54-56(50,51)53-36-41(47)35-45)37-52-43(48)33-28-23-18-13-11-9-8-10-12-16-20-25-30-39(2)3/h5-6,15,17,19,21-22,26-27,32,39-42,45-47H,4,7-14,16,18,20,23-25,28-31,33-38H2,1-3H3,(H,50,51)/b6-5-,19-15-,22-17-,26-21-,32-27+/t40?,41-,42+/m0/s1. The smallest absolute Gasteiger partial charge is 0.462 e. The van der Waals surface area contributed by atoms with E-state index in [-0.39, 0.29) is 19.4 Å². The average Bonchev–Trinajstić information content (AvgIpc) is 3.16. The number of hydrogen-bond acceptors (Lipinski definition) is 10. The van der Waals surface area contributed by atoms with Crippen molar-refractivity contribution in [2.75, 3.05) is 26.4 Å². The predicted octanol–water partition coefficient (Wildman–Crippen LogP) is 9.94. The molecule has 4 atom stereocenters. The van der Waals surface area contributed by atoms with E-state index in [9.17, 15) is 29.3 Å². The zero-order valence-corrected chi connectivity index (χ0v) is 35.7. The van der Waals surface area contributed by atoms with Crippen molar-refractivity contribution in [2.45, 2.75) is 174 Å². The molecular weight excluding hydrogens is 735 g/mol. The van der Waals surface area contributed by atoms with E-state index in [1.165, 1.54) is 57.8 Å². The molecule has 0 rings (SSSR count). The summed E-state index contributed by atoms with van der Waals surface area (Å²) in [5.41, 5.74) is 0. The largest absolute Gasteiger partial charge is 0.472 e. The van der Waals surface area contributed by atoms with Crippen LogP contribution in [0.4, 0.5) is 0 Å². The Bertz CT molecular complexity index is 1150. The molecule has 0 heterocycles. The zero-order valence-electron chi connectivity index (χ0n) is 34.9. The molecule has 0 saturated carbocycles. The van der Waals surface area contributed by atoms with Gasteiger partial charge in [0.15, 0.2) is 6.10 Å². The van der Waals surface area contributed by atoms with Crippen molar-refractivity contribution in [1.82, 2.24) is 0 Å². The number of rotatable bonds is 38. The molecule has 0 aromatic carbocycles. The summed E-state index contributed by atoms with van der Waals surface area (Å²) in [6.45, 7) is 4.42. The number of unbranched alkanes of at least 4 members (excludes halogenated alkanes) is 12. The quantitative estimate of drug-likeness (QED) is 0.0154. The summed E-state index contributed by atoms with van der Waals surface area (Å²) < 4.78 is 32.6. The lowest BCUT2D eigenvalue weighted by Gasteiger charge is -2.20. The minimum atomic E-state index is -4.65. The molecule has 0 spiro atoms. The fourth-order valence-electron chi connectivity index (χ4n) is 5.41. The van der Waals surface area contributed by atoms with Crippen LogP contribution >= 0.6 is 7.82 Å². The topological polar surface area (TPSA) is 169 Å². The molecule has 2 unspecified atom stereocenters. The number of phosphoric acid groups is 1. The Labute approximate surface area is 338 Å². The van der Waals surface area contributed by atoms with Gasteiger partial charge >= 0.3 is 19.8 Å². The summed E-state index contributed by atoms with van der Waals surface area (Å²) in [5.74, 6) is -0.233. The second-order valence-corrected chi connectivity index (χ2v) is 16.1. The van der Waals surface area contributed by atoms with E-state index in [0.29, 0.717) is 32.1 Å². The van der Waals surface area contributed by atoms with E-state index in [2.05, 4.69) is 37.4 Å². The van der Waals surface area contributed by atoms with Crippen molar-refractivity contribution in [2.24, 2.45) is 5.92 Å². The number of phosphoric ester groups is 1. The number of aliphatic hydroxyl groups is 3. The summed E-state index contributed by atoms with van der Waals surface area (Å²) >= 11 is 0. The van der Waals surface area contributed by atoms with Crippen LogP contribution in [-0.2, 0) is 32.7 Å². The molecule has 0 aliphatic carbocycles. The molecule has 12 heteroatoms. The van der Waals surface area contributed by atoms with Crippen LogP contribution in [-0.4, -0.2) is 76.9 Å². The highest BCUT2D eigenvalue weighted by Crippen LogP contribution is 2.43. The molecule has 0 aromatic rings. The summed E-state index contributed by atoms with van der Waals surface area (Å²) in [5, 5.41) is 28.3. The highest BCUT2D eigenvalue weighted by atomic mass is 31.2. The van der Waals surface area contributed by atoms with E-state index in [1.54, 1.807) is 6.08 Å². The minimum Gasteiger partial charge on any atom is -0.462 e. The fourth-order valence-corrected chi connectivity index (χ4v) is 6.20. The minimum absolute atomic E-state index is 0.0724. The summed E-state index contributed by atoms with van der Waals surface area (Å²) in [7, 11) is -4.65. The summed E-state index contributed by atoms with van der Waals surface area (Å²) in [4.78, 5) is 34.9. The van der Waals surface area contributed by atoms with Crippen LogP contribution in [0.2, 0.25) is 0 Å². The third-order valence-electron chi connectivity index (χ3n) is 8.69. The van der Waals surface area contributed by atoms with Gasteiger partial charge in [0.2, 0.25) is 0 Å². The first-order chi connectivity index (χ1) is 27.0. The van der Waals surface area contributed by atoms with Gasteiger partial charge in [-0.25, -0.2) is 4.57 Å². The fraction of sp³-hybridized carbons (Fsp3) is 0.727. The SMILES string of the molecule is CC/C=C\C/C=C\CC(O)/C=C/C=C\C/C=C\CCCC(=O)O[C@H](COC(=O)CCCCCCCCCCCCCCC(C)C)COP(=O)(O)OC[C@@H](O)CO. The summed E-state index contributed by atoms with van der Waals surface area (Å²) in [6, 6.07) is 0. The third-order valence-corrected chi connectivity index (χ3v) is 9.65. The molecule has 11 nitrogen and oxygen atoms in total. The lowest BCUT2D eigenvalue weighted by Crippen LogP contribution is -2.29. The molecule has 0 fully saturated rings. The van der Waals surface area contributed by atoms with Gasteiger partial charge in [-0.15, -0.1) is 0 Å². The van der Waals surface area contributed by atoms with Crippen molar-refractivity contribution in [3.63, 3.8) is 0 Å². The number of ether oxygens (including phenoxy) is 2. The van der Waals surface area contributed by atoms with Crippen LogP contribution in [0.25, 0.3) is 0 Å². The number of hydrogen-bond donors (Lipinski definition) is 4. The van der Waals surface area contributed by atoms with Crippen LogP contribution in [0.15, 0.2) is 60.8 Å². The zero-order chi connectivity index (χ0) is 41.5. The van der Waals surface area contributed by atoms with Gasteiger partial charge in [-0.3, -0.25) is 18.6 Å². The first kappa shape index (κ1) is 53.6. The van der Waals surface area contributed by atoms with Crippen molar-refractivity contribution in [1.29, 1.82) is 0 Å². The van der Waals surface area contributed by atoms with Gasteiger partial charge in [0.1, 0.15) is 12.7 Å². The van der Waals surface area contributed by atoms with Gasteiger partial charge in [-0.1, -0.05) is 159 Å². The number of esters is 2. The van der Waals surface area contributed by atoms with Crippen LogP contribution < -0.4 is 0 Å². The lowest BCUT2D eigenvalue weighted by molar-refractivity contribution is -0.161. The van der Waals surface area contributed by atoms with Gasteiger partial charge in [-0.05, 0) is 50.9 Å². The first-order valence-electron chi connectivity index (χ1n) is 21.2. The van der Waals surface area contributed by atoms with Crippen molar-refractivity contribution in [3.05, 3.63) is 60.8 Å². The van der Waals surface area contributed by atoms with Gasteiger partial charge in [0, 0.05) is 12.8 Å². The lowest BCUT2D eigenvalue weighted by atomic mass is 10.0. The van der Waals surface area contributed by atoms with Gasteiger partial charge in [0.25, 0.3) is 0 Å². The molecule has 0 amide bonds. The molecule has 56 heavy (non-hydrogen) atoms. The van der Waals surface area contributed by atoms with Crippen LogP contribution in [0.1, 0.15) is 156 Å².